The van der Waals surface area contributed by atoms with E-state index in [0.717, 1.165) is 18.0 Å². The fourth-order valence-electron chi connectivity index (χ4n) is 2.20. The van der Waals surface area contributed by atoms with Gasteiger partial charge in [0.25, 0.3) is 0 Å². The lowest BCUT2D eigenvalue weighted by Crippen LogP contribution is -2.44. The van der Waals surface area contributed by atoms with Crippen LogP contribution in [0.25, 0.3) is 0 Å². The van der Waals surface area contributed by atoms with Crippen LogP contribution in [-0.2, 0) is 0 Å². The minimum absolute atomic E-state index is 0.764. The van der Waals surface area contributed by atoms with Gasteiger partial charge in [0.2, 0.25) is 0 Å². The van der Waals surface area contributed by atoms with E-state index in [4.69, 9.17) is 0 Å². The topological polar surface area (TPSA) is 24.1 Å². The highest BCUT2D eigenvalue weighted by Crippen LogP contribution is 2.33. The summed E-state index contributed by atoms with van der Waals surface area (Å²) >= 11 is 0. The molecule has 1 aliphatic heterocycles. The summed E-state index contributed by atoms with van der Waals surface area (Å²) in [6.45, 7) is 4.71. The third-order valence-corrected chi connectivity index (χ3v) is 3.19. The fraction of sp³-hybridized carbons (Fsp3) is 1.00. The molecule has 2 aliphatic rings. The molecule has 0 aromatic carbocycles. The molecule has 0 aromatic rings. The first-order valence-corrected chi connectivity index (χ1v) is 5.37. The van der Waals surface area contributed by atoms with Crippen LogP contribution in [0.1, 0.15) is 32.6 Å². The highest BCUT2D eigenvalue weighted by molar-refractivity contribution is 4.94. The minimum atomic E-state index is 0.764. The molecule has 0 spiro atoms. The fourth-order valence-corrected chi connectivity index (χ4v) is 2.20. The first-order chi connectivity index (χ1) is 5.90. The van der Waals surface area contributed by atoms with E-state index in [9.17, 15) is 0 Å². The summed E-state index contributed by atoms with van der Waals surface area (Å²) < 4.78 is 0. The maximum atomic E-state index is 3.73. The highest BCUT2D eigenvalue weighted by Gasteiger charge is 2.36. The average Bonchev–Trinajstić information content (AvgIpc) is 2.85. The molecule has 2 rings (SSSR count). The van der Waals surface area contributed by atoms with Crippen molar-refractivity contribution < 1.29 is 0 Å². The number of piperidine rings is 1. The van der Waals surface area contributed by atoms with E-state index in [1.807, 2.05) is 0 Å². The van der Waals surface area contributed by atoms with Gasteiger partial charge < -0.3 is 10.6 Å². The van der Waals surface area contributed by atoms with Gasteiger partial charge in [-0.2, -0.15) is 0 Å². The lowest BCUT2D eigenvalue weighted by Gasteiger charge is -2.24. The molecule has 2 heteroatoms. The second kappa shape index (κ2) is 3.75. The Bertz CT molecular complexity index is 141. The summed E-state index contributed by atoms with van der Waals surface area (Å²) in [5, 5.41) is 7.17. The first-order valence-electron chi connectivity index (χ1n) is 5.37. The Morgan fingerprint density at radius 1 is 1.50 bits per heavy atom. The van der Waals surface area contributed by atoms with Gasteiger partial charge in [0.05, 0.1) is 0 Å². The van der Waals surface area contributed by atoms with Crippen molar-refractivity contribution in [3.05, 3.63) is 0 Å². The largest absolute Gasteiger partial charge is 0.315 e. The molecule has 3 unspecified atom stereocenters. The quantitative estimate of drug-likeness (QED) is 0.660. The van der Waals surface area contributed by atoms with E-state index < -0.39 is 0 Å². The van der Waals surface area contributed by atoms with Crippen LogP contribution in [0.15, 0.2) is 0 Å². The lowest BCUT2D eigenvalue weighted by atomic mass is 10.1. The first kappa shape index (κ1) is 8.52. The molecule has 1 saturated carbocycles. The highest BCUT2D eigenvalue weighted by atomic mass is 15.1. The van der Waals surface area contributed by atoms with E-state index in [1.165, 1.54) is 38.8 Å². The summed E-state index contributed by atoms with van der Waals surface area (Å²) in [5.41, 5.74) is 0. The van der Waals surface area contributed by atoms with Crippen molar-refractivity contribution in [3.8, 4) is 0 Å². The Morgan fingerprint density at radius 3 is 3.00 bits per heavy atom. The number of rotatable bonds is 3. The molecule has 3 atom stereocenters. The van der Waals surface area contributed by atoms with Crippen LogP contribution >= 0.6 is 0 Å². The van der Waals surface area contributed by atoms with E-state index >= 15 is 0 Å². The summed E-state index contributed by atoms with van der Waals surface area (Å²) in [6.07, 6.45) is 5.51. The maximum absolute atomic E-state index is 3.73. The zero-order valence-corrected chi connectivity index (χ0v) is 7.97. The van der Waals surface area contributed by atoms with Gasteiger partial charge in [0.1, 0.15) is 0 Å². The van der Waals surface area contributed by atoms with Crippen molar-refractivity contribution in [1.82, 2.24) is 10.6 Å². The number of hydrogen-bond acceptors (Lipinski definition) is 2. The summed E-state index contributed by atoms with van der Waals surface area (Å²) in [6, 6.07) is 1.63. The maximum Gasteiger partial charge on any atom is 0.0195 e. The van der Waals surface area contributed by atoms with Gasteiger partial charge in [-0.3, -0.25) is 0 Å². The molecular formula is C10H20N2. The molecule has 1 aliphatic carbocycles. The predicted molar refractivity (Wildman–Crippen MR) is 51.2 cm³/mol. The van der Waals surface area contributed by atoms with Crippen LogP contribution in [0, 0.1) is 5.92 Å². The molecule has 1 saturated heterocycles. The summed E-state index contributed by atoms with van der Waals surface area (Å²) in [4.78, 5) is 0. The van der Waals surface area contributed by atoms with Gasteiger partial charge in [0.15, 0.2) is 0 Å². The van der Waals surface area contributed by atoms with Gasteiger partial charge >= 0.3 is 0 Å². The normalized spacial score (nSPS) is 41.2. The Hall–Kier alpha value is -0.0800. The minimum Gasteiger partial charge on any atom is -0.315 e. The smallest absolute Gasteiger partial charge is 0.0195 e. The summed E-state index contributed by atoms with van der Waals surface area (Å²) in [5.74, 6) is 0.993. The standard InChI is InChI=1S/C10H20N2/c1-2-8-6-10(8)12-9-4-3-5-11-7-9/h8-12H,2-7H2,1H3. The average molecular weight is 168 g/mol. The van der Waals surface area contributed by atoms with Gasteiger partial charge in [-0.25, -0.2) is 0 Å². The van der Waals surface area contributed by atoms with E-state index in [-0.39, 0.29) is 0 Å². The van der Waals surface area contributed by atoms with Crippen LogP contribution in [-0.4, -0.2) is 25.2 Å². The molecule has 0 amide bonds. The molecule has 2 nitrogen and oxygen atoms in total. The SMILES string of the molecule is CCC1CC1NC1CCCNC1. The van der Waals surface area contributed by atoms with Crippen LogP contribution in [0.4, 0.5) is 0 Å². The van der Waals surface area contributed by atoms with E-state index in [1.54, 1.807) is 0 Å². The van der Waals surface area contributed by atoms with Crippen molar-refractivity contribution >= 4 is 0 Å². The van der Waals surface area contributed by atoms with Gasteiger partial charge in [-0.15, -0.1) is 0 Å². The number of hydrogen-bond donors (Lipinski definition) is 2. The van der Waals surface area contributed by atoms with Crippen LogP contribution in [0.2, 0.25) is 0 Å². The molecule has 0 bridgehead atoms. The van der Waals surface area contributed by atoms with Crippen LogP contribution in [0.5, 0.6) is 0 Å². The molecule has 2 N–H and O–H groups in total. The summed E-state index contributed by atoms with van der Waals surface area (Å²) in [7, 11) is 0. The van der Waals surface area contributed by atoms with Crippen LogP contribution < -0.4 is 10.6 Å². The van der Waals surface area contributed by atoms with Gasteiger partial charge in [-0.1, -0.05) is 13.3 Å². The lowest BCUT2D eigenvalue weighted by molar-refractivity contribution is 0.381. The third kappa shape index (κ3) is 1.99. The van der Waals surface area contributed by atoms with Crippen molar-refractivity contribution in [2.24, 2.45) is 5.92 Å². The van der Waals surface area contributed by atoms with Crippen molar-refractivity contribution in [2.45, 2.75) is 44.7 Å². The molecule has 0 radical (unpaired) electrons. The molecular weight excluding hydrogens is 148 g/mol. The monoisotopic (exact) mass is 168 g/mol. The molecule has 1 heterocycles. The Labute approximate surface area is 75.1 Å². The molecule has 2 fully saturated rings. The second-order valence-corrected chi connectivity index (χ2v) is 4.22. The Morgan fingerprint density at radius 2 is 2.42 bits per heavy atom. The van der Waals surface area contributed by atoms with Gasteiger partial charge in [0, 0.05) is 18.6 Å². The van der Waals surface area contributed by atoms with Gasteiger partial charge in [-0.05, 0) is 31.7 Å². The van der Waals surface area contributed by atoms with E-state index in [2.05, 4.69) is 17.6 Å². The second-order valence-electron chi connectivity index (χ2n) is 4.22. The van der Waals surface area contributed by atoms with Crippen LogP contribution in [0.3, 0.4) is 0 Å². The van der Waals surface area contributed by atoms with Crippen molar-refractivity contribution in [2.75, 3.05) is 13.1 Å². The molecule has 70 valence electrons. The Kier molecular flexibility index (Phi) is 2.66. The van der Waals surface area contributed by atoms with Crippen molar-refractivity contribution in [1.29, 1.82) is 0 Å². The number of nitrogens with one attached hydrogen (secondary N) is 2. The third-order valence-electron chi connectivity index (χ3n) is 3.19. The zero-order chi connectivity index (χ0) is 8.39. The van der Waals surface area contributed by atoms with Crippen molar-refractivity contribution in [3.63, 3.8) is 0 Å². The Balaban J connectivity index is 1.66. The van der Waals surface area contributed by atoms with E-state index in [0.29, 0.717) is 0 Å². The predicted octanol–water partition coefficient (Wildman–Crippen LogP) is 1.13. The zero-order valence-electron chi connectivity index (χ0n) is 7.97. The molecule has 12 heavy (non-hydrogen) atoms. The molecule has 0 aromatic heterocycles.